The minimum atomic E-state index is -1.54. The Bertz CT molecular complexity index is 907. The number of fused-ring (bicyclic) bond motifs is 1. The number of allylic oxidation sites excluding steroid dienone is 2. The Labute approximate surface area is 165 Å². The van der Waals surface area contributed by atoms with Crippen molar-refractivity contribution in [3.8, 4) is 18.2 Å². The smallest absolute Gasteiger partial charge is 0.192 e. The molecule has 1 aliphatic heterocycles. The first-order valence-corrected chi connectivity index (χ1v) is 9.98. The van der Waals surface area contributed by atoms with Gasteiger partial charge in [-0.1, -0.05) is 6.08 Å². The van der Waals surface area contributed by atoms with Crippen LogP contribution in [-0.2, 0) is 0 Å². The molecule has 132 valence electrons. The van der Waals surface area contributed by atoms with Crippen LogP contribution in [0.15, 0.2) is 38.8 Å². The largest absolute Gasteiger partial charge is 0.399 e. The summed E-state index contributed by atoms with van der Waals surface area (Å²) in [6.45, 7) is 5.66. The molecule has 2 aliphatic rings. The van der Waals surface area contributed by atoms with Crippen LogP contribution in [0.5, 0.6) is 0 Å². The van der Waals surface area contributed by atoms with Gasteiger partial charge in [0.15, 0.2) is 5.41 Å². The van der Waals surface area contributed by atoms with Gasteiger partial charge < -0.3 is 5.73 Å². The van der Waals surface area contributed by atoms with Crippen LogP contribution in [0.1, 0.15) is 24.6 Å². The van der Waals surface area contributed by atoms with Gasteiger partial charge in [-0.3, -0.25) is 4.90 Å². The molecule has 0 amide bonds. The summed E-state index contributed by atoms with van der Waals surface area (Å²) in [7, 11) is 0. The van der Waals surface area contributed by atoms with E-state index in [1.165, 1.54) is 11.3 Å². The first-order chi connectivity index (χ1) is 12.4. The third-order valence-corrected chi connectivity index (χ3v) is 7.09. The van der Waals surface area contributed by atoms with Crippen LogP contribution >= 0.6 is 27.3 Å². The standard InChI is InChI=1S/C19H18BrN5S/c1-11(2)25-4-3-13-14(6-21)18(24)19(9-22,10-23)17(15(13)7-25)16-5-12(20)8-26-16/h3,5,8,11,15,17H,4,7,24H2,1-2H3/t15-,17+/m0/s1. The van der Waals surface area contributed by atoms with E-state index in [2.05, 4.69) is 52.9 Å². The monoisotopic (exact) mass is 427 g/mol. The van der Waals surface area contributed by atoms with Gasteiger partial charge in [0.05, 0.1) is 23.4 Å². The van der Waals surface area contributed by atoms with E-state index in [4.69, 9.17) is 5.73 Å². The number of nitriles is 3. The van der Waals surface area contributed by atoms with Gasteiger partial charge in [-0.05, 0) is 41.4 Å². The molecule has 1 aromatic rings. The summed E-state index contributed by atoms with van der Waals surface area (Å²) in [5, 5.41) is 31.6. The average Bonchev–Trinajstić information content (AvgIpc) is 3.06. The van der Waals surface area contributed by atoms with E-state index >= 15 is 0 Å². The number of nitrogens with two attached hydrogens (primary N) is 1. The summed E-state index contributed by atoms with van der Waals surface area (Å²) in [5.74, 6) is -0.531. The van der Waals surface area contributed by atoms with Crippen molar-refractivity contribution in [2.45, 2.75) is 25.8 Å². The number of hydrogen-bond acceptors (Lipinski definition) is 6. The van der Waals surface area contributed by atoms with Gasteiger partial charge >= 0.3 is 0 Å². The highest BCUT2D eigenvalue weighted by Crippen LogP contribution is 2.55. The van der Waals surface area contributed by atoms with Crippen LogP contribution in [0.2, 0.25) is 0 Å². The molecule has 0 unspecified atom stereocenters. The lowest BCUT2D eigenvalue weighted by atomic mass is 9.59. The average molecular weight is 428 g/mol. The summed E-state index contributed by atoms with van der Waals surface area (Å²) in [6.07, 6.45) is 2.04. The predicted molar refractivity (Wildman–Crippen MR) is 104 cm³/mol. The lowest BCUT2D eigenvalue weighted by Crippen LogP contribution is -2.49. The zero-order valence-electron chi connectivity index (χ0n) is 14.5. The summed E-state index contributed by atoms with van der Waals surface area (Å²) in [4.78, 5) is 3.22. The number of halogens is 1. The third-order valence-electron chi connectivity index (χ3n) is 5.32. The Balaban J connectivity index is 2.29. The Hall–Kier alpha value is -2.11. The van der Waals surface area contributed by atoms with Gasteiger partial charge in [0.25, 0.3) is 0 Å². The van der Waals surface area contributed by atoms with Crippen molar-refractivity contribution in [3.63, 3.8) is 0 Å². The van der Waals surface area contributed by atoms with Gasteiger partial charge in [0.1, 0.15) is 6.07 Å². The first-order valence-electron chi connectivity index (χ1n) is 8.30. The Kier molecular flexibility index (Phi) is 4.95. The van der Waals surface area contributed by atoms with E-state index in [1.807, 2.05) is 17.5 Å². The molecule has 0 bridgehead atoms. The molecule has 2 heterocycles. The SMILES string of the molecule is CC(C)N1CC=C2C(C#N)=C(N)C(C#N)(C#N)[C@@H](c3cc(Br)cs3)[C@H]2C1. The number of hydrogen-bond donors (Lipinski definition) is 1. The quantitative estimate of drug-likeness (QED) is 0.775. The van der Waals surface area contributed by atoms with Gasteiger partial charge in [0, 0.05) is 45.7 Å². The van der Waals surface area contributed by atoms with Crippen molar-refractivity contribution in [1.82, 2.24) is 4.90 Å². The first kappa shape index (κ1) is 18.7. The highest BCUT2D eigenvalue weighted by atomic mass is 79.9. The van der Waals surface area contributed by atoms with Crippen molar-refractivity contribution < 1.29 is 0 Å². The van der Waals surface area contributed by atoms with E-state index in [0.29, 0.717) is 18.2 Å². The molecular formula is C19H18BrN5S. The summed E-state index contributed by atoms with van der Waals surface area (Å²) in [6, 6.07) is 8.77. The van der Waals surface area contributed by atoms with Gasteiger partial charge in [-0.15, -0.1) is 11.3 Å². The molecule has 3 rings (SSSR count). The number of rotatable bonds is 2. The van der Waals surface area contributed by atoms with E-state index in [0.717, 1.165) is 21.5 Å². The highest BCUT2D eigenvalue weighted by Gasteiger charge is 2.55. The zero-order valence-corrected chi connectivity index (χ0v) is 16.9. The summed E-state index contributed by atoms with van der Waals surface area (Å²) >= 11 is 4.98. The van der Waals surface area contributed by atoms with Crippen molar-refractivity contribution >= 4 is 27.3 Å². The molecule has 0 fully saturated rings. The van der Waals surface area contributed by atoms with Gasteiger partial charge in [-0.25, -0.2) is 0 Å². The molecule has 0 spiro atoms. The fourth-order valence-electron chi connectivity index (χ4n) is 3.92. The van der Waals surface area contributed by atoms with E-state index in [9.17, 15) is 15.8 Å². The van der Waals surface area contributed by atoms with E-state index in [1.54, 1.807) is 0 Å². The second-order valence-electron chi connectivity index (χ2n) is 6.89. The van der Waals surface area contributed by atoms with Gasteiger partial charge in [0.2, 0.25) is 0 Å². The number of nitrogens with zero attached hydrogens (tertiary/aromatic N) is 4. The van der Waals surface area contributed by atoms with Crippen LogP contribution in [-0.4, -0.2) is 24.0 Å². The summed E-state index contributed by atoms with van der Waals surface area (Å²) in [5.41, 5.74) is 5.99. The van der Waals surface area contributed by atoms with Gasteiger partial charge in [-0.2, -0.15) is 15.8 Å². The second kappa shape index (κ2) is 6.89. The van der Waals surface area contributed by atoms with Crippen LogP contribution in [0.4, 0.5) is 0 Å². The Morgan fingerprint density at radius 2 is 2.04 bits per heavy atom. The maximum Gasteiger partial charge on any atom is 0.192 e. The summed E-state index contributed by atoms with van der Waals surface area (Å²) < 4.78 is 0.915. The molecule has 0 saturated carbocycles. The van der Waals surface area contributed by atoms with Crippen molar-refractivity contribution in [2.75, 3.05) is 13.1 Å². The number of thiophene rings is 1. The highest BCUT2D eigenvalue weighted by molar-refractivity contribution is 9.10. The third kappa shape index (κ3) is 2.66. The van der Waals surface area contributed by atoms with E-state index in [-0.39, 0.29) is 11.6 Å². The lowest BCUT2D eigenvalue weighted by Gasteiger charge is -2.45. The molecule has 0 saturated heterocycles. The predicted octanol–water partition coefficient (Wildman–Crippen LogP) is 3.64. The molecule has 1 aromatic heterocycles. The van der Waals surface area contributed by atoms with Crippen LogP contribution in [0.25, 0.3) is 0 Å². The Morgan fingerprint density at radius 1 is 1.35 bits per heavy atom. The maximum atomic E-state index is 9.99. The molecule has 5 nitrogen and oxygen atoms in total. The van der Waals surface area contributed by atoms with Crippen LogP contribution in [0, 0.1) is 45.3 Å². The van der Waals surface area contributed by atoms with Crippen molar-refractivity contribution in [3.05, 3.63) is 43.7 Å². The minimum absolute atomic E-state index is 0.0834. The molecule has 2 N–H and O–H groups in total. The fourth-order valence-corrected chi connectivity index (χ4v) is 5.60. The molecule has 0 radical (unpaired) electrons. The van der Waals surface area contributed by atoms with Crippen LogP contribution < -0.4 is 5.73 Å². The Morgan fingerprint density at radius 3 is 2.54 bits per heavy atom. The van der Waals surface area contributed by atoms with Crippen LogP contribution in [0.3, 0.4) is 0 Å². The zero-order chi connectivity index (χ0) is 19.1. The molecule has 0 aromatic carbocycles. The van der Waals surface area contributed by atoms with Crippen molar-refractivity contribution in [2.24, 2.45) is 17.1 Å². The van der Waals surface area contributed by atoms with E-state index < -0.39 is 11.3 Å². The molecule has 2 atom stereocenters. The molecular weight excluding hydrogens is 410 g/mol. The molecule has 1 aliphatic carbocycles. The normalized spacial score (nSPS) is 25.0. The second-order valence-corrected chi connectivity index (χ2v) is 8.75. The lowest BCUT2D eigenvalue weighted by molar-refractivity contribution is 0.175. The molecule has 7 heteroatoms. The fraction of sp³-hybridized carbons (Fsp3) is 0.421. The minimum Gasteiger partial charge on any atom is -0.399 e. The molecule has 26 heavy (non-hydrogen) atoms. The van der Waals surface area contributed by atoms with Crippen molar-refractivity contribution in [1.29, 1.82) is 15.8 Å². The maximum absolute atomic E-state index is 9.99. The topological polar surface area (TPSA) is 101 Å².